The Hall–Kier alpha value is -1.15. The molecular formula is C18H20BrF. The van der Waals surface area contributed by atoms with Crippen LogP contribution in [0.1, 0.15) is 40.9 Å². The highest BCUT2D eigenvalue weighted by Gasteiger charge is 2.12. The number of aryl methyl sites for hydroxylation is 2. The van der Waals surface area contributed by atoms with Crippen molar-refractivity contribution in [3.8, 4) is 0 Å². The summed E-state index contributed by atoms with van der Waals surface area (Å²) in [5.41, 5.74) is 4.78. The van der Waals surface area contributed by atoms with Gasteiger partial charge in [-0.05, 0) is 47.6 Å². The summed E-state index contributed by atoms with van der Waals surface area (Å²) >= 11 is 3.70. The molecule has 1 atom stereocenters. The second kappa shape index (κ2) is 7.03. The number of hydrogen-bond donors (Lipinski definition) is 0. The maximum Gasteiger partial charge on any atom is 0.126 e. The zero-order chi connectivity index (χ0) is 14.5. The molecule has 0 saturated carbocycles. The Morgan fingerprint density at radius 1 is 0.950 bits per heavy atom. The third-order valence-corrected chi connectivity index (χ3v) is 4.56. The zero-order valence-corrected chi connectivity index (χ0v) is 13.6. The van der Waals surface area contributed by atoms with Gasteiger partial charge < -0.3 is 0 Å². The van der Waals surface area contributed by atoms with Crippen molar-refractivity contribution in [2.24, 2.45) is 0 Å². The average Bonchev–Trinajstić information content (AvgIpc) is 2.48. The summed E-state index contributed by atoms with van der Waals surface area (Å²) in [6.45, 7) is 4.36. The minimum Gasteiger partial charge on any atom is -0.207 e. The molecule has 2 aromatic rings. The minimum atomic E-state index is -0.127. The first-order valence-corrected chi connectivity index (χ1v) is 8.06. The SMILES string of the molecule is CCc1ccc(C(Br)Cc2ccccc2F)cc1CC. The summed E-state index contributed by atoms with van der Waals surface area (Å²) in [5, 5.41) is 0. The fraction of sp³-hybridized carbons (Fsp3) is 0.333. The molecule has 0 aliphatic heterocycles. The average molecular weight is 335 g/mol. The summed E-state index contributed by atoms with van der Waals surface area (Å²) in [5.74, 6) is -0.127. The van der Waals surface area contributed by atoms with E-state index >= 15 is 0 Å². The predicted molar refractivity (Wildman–Crippen MR) is 87.0 cm³/mol. The van der Waals surface area contributed by atoms with Gasteiger partial charge in [0.25, 0.3) is 0 Å². The number of alkyl halides is 1. The molecular weight excluding hydrogens is 315 g/mol. The molecule has 2 aromatic carbocycles. The van der Waals surface area contributed by atoms with Gasteiger partial charge in [0.05, 0.1) is 0 Å². The quantitative estimate of drug-likeness (QED) is 0.621. The van der Waals surface area contributed by atoms with Gasteiger partial charge in [0.1, 0.15) is 5.82 Å². The van der Waals surface area contributed by atoms with E-state index in [4.69, 9.17) is 0 Å². The fourth-order valence-electron chi connectivity index (χ4n) is 2.49. The molecule has 0 fully saturated rings. The van der Waals surface area contributed by atoms with Crippen molar-refractivity contribution in [1.29, 1.82) is 0 Å². The van der Waals surface area contributed by atoms with Crippen molar-refractivity contribution in [2.75, 3.05) is 0 Å². The van der Waals surface area contributed by atoms with Gasteiger partial charge >= 0.3 is 0 Å². The molecule has 0 radical (unpaired) electrons. The number of halogens is 2. The van der Waals surface area contributed by atoms with Crippen molar-refractivity contribution in [3.63, 3.8) is 0 Å². The normalized spacial score (nSPS) is 12.4. The van der Waals surface area contributed by atoms with Crippen LogP contribution >= 0.6 is 15.9 Å². The molecule has 0 bridgehead atoms. The number of hydrogen-bond acceptors (Lipinski definition) is 0. The lowest BCUT2D eigenvalue weighted by Crippen LogP contribution is -2.00. The number of rotatable bonds is 5. The van der Waals surface area contributed by atoms with E-state index in [2.05, 4.69) is 48.0 Å². The first-order chi connectivity index (χ1) is 9.65. The Morgan fingerprint density at radius 3 is 2.30 bits per heavy atom. The van der Waals surface area contributed by atoms with Crippen molar-refractivity contribution < 1.29 is 4.39 Å². The van der Waals surface area contributed by atoms with E-state index in [1.807, 2.05) is 12.1 Å². The molecule has 0 saturated heterocycles. The van der Waals surface area contributed by atoms with E-state index in [0.29, 0.717) is 6.42 Å². The summed E-state index contributed by atoms with van der Waals surface area (Å²) in [6.07, 6.45) is 2.77. The molecule has 0 spiro atoms. The molecule has 0 amide bonds. The van der Waals surface area contributed by atoms with E-state index in [1.165, 1.54) is 22.8 Å². The van der Waals surface area contributed by atoms with Gasteiger partial charge in [-0.25, -0.2) is 4.39 Å². The Balaban J connectivity index is 2.21. The van der Waals surface area contributed by atoms with Crippen molar-refractivity contribution in [2.45, 2.75) is 37.9 Å². The third kappa shape index (κ3) is 3.49. The van der Waals surface area contributed by atoms with E-state index in [-0.39, 0.29) is 10.6 Å². The van der Waals surface area contributed by atoms with Crippen LogP contribution in [0.3, 0.4) is 0 Å². The van der Waals surface area contributed by atoms with Crippen LogP contribution in [0.25, 0.3) is 0 Å². The first kappa shape index (κ1) is 15.2. The van der Waals surface area contributed by atoms with Crippen molar-refractivity contribution >= 4 is 15.9 Å². The highest BCUT2D eigenvalue weighted by atomic mass is 79.9. The highest BCUT2D eigenvalue weighted by Crippen LogP contribution is 2.29. The Bertz CT molecular complexity index is 577. The lowest BCUT2D eigenvalue weighted by molar-refractivity contribution is 0.608. The topological polar surface area (TPSA) is 0 Å². The van der Waals surface area contributed by atoms with Crippen LogP contribution in [-0.2, 0) is 19.3 Å². The Labute approximate surface area is 129 Å². The van der Waals surface area contributed by atoms with Crippen LogP contribution in [0, 0.1) is 5.82 Å². The van der Waals surface area contributed by atoms with Gasteiger partial charge in [-0.2, -0.15) is 0 Å². The highest BCUT2D eigenvalue weighted by molar-refractivity contribution is 9.09. The van der Waals surface area contributed by atoms with Crippen LogP contribution < -0.4 is 0 Å². The van der Waals surface area contributed by atoms with Gasteiger partial charge in [0, 0.05) is 4.83 Å². The molecule has 0 aliphatic carbocycles. The van der Waals surface area contributed by atoms with Gasteiger partial charge in [0.2, 0.25) is 0 Å². The van der Waals surface area contributed by atoms with E-state index in [1.54, 1.807) is 6.07 Å². The lowest BCUT2D eigenvalue weighted by atomic mass is 9.96. The molecule has 0 heterocycles. The summed E-state index contributed by atoms with van der Waals surface area (Å²) < 4.78 is 13.7. The summed E-state index contributed by atoms with van der Waals surface area (Å²) in [6, 6.07) is 13.6. The fourth-order valence-corrected chi connectivity index (χ4v) is 3.12. The molecule has 2 heteroatoms. The predicted octanol–water partition coefficient (Wildman–Crippen LogP) is 5.63. The molecule has 106 valence electrons. The summed E-state index contributed by atoms with van der Waals surface area (Å²) in [7, 11) is 0. The number of benzene rings is 2. The molecule has 0 nitrogen and oxygen atoms in total. The standard InChI is InChI=1S/C18H20BrF/c1-3-13-9-10-15(11-14(13)4-2)17(19)12-16-7-5-6-8-18(16)20/h5-11,17H,3-4,12H2,1-2H3. The molecule has 1 unspecified atom stereocenters. The first-order valence-electron chi connectivity index (χ1n) is 7.14. The van der Waals surface area contributed by atoms with Crippen LogP contribution in [-0.4, -0.2) is 0 Å². The van der Waals surface area contributed by atoms with Gasteiger partial charge in [-0.3, -0.25) is 0 Å². The monoisotopic (exact) mass is 334 g/mol. The van der Waals surface area contributed by atoms with Crippen LogP contribution in [0.4, 0.5) is 4.39 Å². The third-order valence-electron chi connectivity index (χ3n) is 3.71. The van der Waals surface area contributed by atoms with Crippen LogP contribution in [0.15, 0.2) is 42.5 Å². The maximum absolute atomic E-state index is 13.7. The Morgan fingerprint density at radius 2 is 1.65 bits per heavy atom. The lowest BCUT2D eigenvalue weighted by Gasteiger charge is -2.14. The second-order valence-corrected chi connectivity index (χ2v) is 6.10. The van der Waals surface area contributed by atoms with Crippen molar-refractivity contribution in [3.05, 3.63) is 70.5 Å². The molecule has 20 heavy (non-hydrogen) atoms. The summed E-state index contributed by atoms with van der Waals surface area (Å²) in [4.78, 5) is 0.149. The molecule has 0 aliphatic rings. The maximum atomic E-state index is 13.7. The largest absolute Gasteiger partial charge is 0.207 e. The van der Waals surface area contributed by atoms with Gasteiger partial charge in [0.15, 0.2) is 0 Å². The van der Waals surface area contributed by atoms with E-state index in [0.717, 1.165) is 18.4 Å². The Kier molecular flexibility index (Phi) is 5.36. The molecule has 2 rings (SSSR count). The van der Waals surface area contributed by atoms with Crippen molar-refractivity contribution in [1.82, 2.24) is 0 Å². The minimum absolute atomic E-state index is 0.127. The van der Waals surface area contributed by atoms with E-state index < -0.39 is 0 Å². The molecule has 0 aromatic heterocycles. The van der Waals surface area contributed by atoms with Crippen LogP contribution in [0.2, 0.25) is 0 Å². The van der Waals surface area contributed by atoms with E-state index in [9.17, 15) is 4.39 Å². The second-order valence-electron chi connectivity index (χ2n) is 5.00. The van der Waals surface area contributed by atoms with Gasteiger partial charge in [-0.1, -0.05) is 66.2 Å². The van der Waals surface area contributed by atoms with Gasteiger partial charge in [-0.15, -0.1) is 0 Å². The smallest absolute Gasteiger partial charge is 0.126 e. The molecule has 0 N–H and O–H groups in total. The van der Waals surface area contributed by atoms with Crippen LogP contribution in [0.5, 0.6) is 0 Å². The zero-order valence-electron chi connectivity index (χ0n) is 12.0.